The van der Waals surface area contributed by atoms with Crippen LogP contribution in [0.5, 0.6) is 0 Å². The summed E-state index contributed by atoms with van der Waals surface area (Å²) >= 11 is 0. The average Bonchev–Trinajstić information content (AvgIpc) is 3.02. The van der Waals surface area contributed by atoms with Crippen molar-refractivity contribution in [3.8, 4) is 0 Å². The van der Waals surface area contributed by atoms with Crippen LogP contribution < -0.4 is 5.32 Å². The van der Waals surface area contributed by atoms with Crippen molar-refractivity contribution in [2.24, 2.45) is 4.99 Å². The van der Waals surface area contributed by atoms with Crippen molar-refractivity contribution in [3.05, 3.63) is 35.4 Å². The normalized spacial score (nSPS) is 15.3. The zero-order chi connectivity index (χ0) is 16.7. The van der Waals surface area contributed by atoms with Crippen LogP contribution in [0, 0.1) is 0 Å². The Balaban J connectivity index is 0.00000288. The van der Waals surface area contributed by atoms with Gasteiger partial charge in [-0.3, -0.25) is 4.99 Å². The Bertz CT molecular complexity index is 514. The average molecular weight is 457 g/mol. The molecular weight excluding hydrogens is 434 g/mol. The number of aliphatic imine (C=N–C) groups is 1. The lowest BCUT2D eigenvalue weighted by Crippen LogP contribution is -2.39. The number of hydrogen-bond acceptors (Lipinski definition) is 2. The first-order valence-electron chi connectivity index (χ1n) is 7.66. The third-order valence-corrected chi connectivity index (χ3v) is 3.63. The molecule has 2 rings (SSSR count). The summed E-state index contributed by atoms with van der Waals surface area (Å²) in [7, 11) is 1.77. The highest BCUT2D eigenvalue weighted by Crippen LogP contribution is 2.16. The summed E-state index contributed by atoms with van der Waals surface area (Å²) in [6.07, 6.45) is -1.91. The van der Waals surface area contributed by atoms with Gasteiger partial charge in [0, 0.05) is 26.7 Å². The number of benzene rings is 1. The summed E-state index contributed by atoms with van der Waals surface area (Å²) in [4.78, 5) is 6.49. The van der Waals surface area contributed by atoms with Crippen molar-refractivity contribution < 1.29 is 17.9 Å². The molecule has 1 aromatic rings. The number of nitrogens with one attached hydrogen (secondary N) is 1. The van der Waals surface area contributed by atoms with E-state index in [1.54, 1.807) is 19.2 Å². The van der Waals surface area contributed by atoms with Crippen molar-refractivity contribution in [2.45, 2.75) is 32.2 Å². The number of alkyl halides is 3. The summed E-state index contributed by atoms with van der Waals surface area (Å²) in [6.45, 7) is 1.42. The standard InChI is InChI=1S/C16H22F3N3O.HI/c1-20-15(22-8-2-3-9-22)21-10-13-4-6-14(7-5-13)11-23-12-16(17,18)19;/h4-7H,2-3,8-12H2,1H3,(H,20,21);1H. The molecule has 0 spiro atoms. The molecule has 0 unspecified atom stereocenters. The number of halogens is 4. The predicted octanol–water partition coefficient (Wildman–Crippen LogP) is 3.55. The van der Waals surface area contributed by atoms with Gasteiger partial charge >= 0.3 is 6.18 Å². The number of likely N-dealkylation sites (tertiary alicyclic amines) is 1. The van der Waals surface area contributed by atoms with E-state index in [1.165, 1.54) is 12.8 Å². The number of hydrogen-bond donors (Lipinski definition) is 1. The minimum absolute atomic E-state index is 0. The summed E-state index contributed by atoms with van der Waals surface area (Å²) in [6, 6.07) is 7.34. The van der Waals surface area contributed by atoms with Gasteiger partial charge in [-0.25, -0.2) is 0 Å². The SMILES string of the molecule is CN=C(NCc1ccc(COCC(F)(F)F)cc1)N1CCCC1.I. The Hall–Kier alpha value is -1.03. The highest BCUT2D eigenvalue weighted by Gasteiger charge is 2.27. The number of nitrogens with zero attached hydrogens (tertiary/aromatic N) is 2. The highest BCUT2D eigenvalue weighted by atomic mass is 127. The maximum absolute atomic E-state index is 12.0. The van der Waals surface area contributed by atoms with E-state index >= 15 is 0 Å². The van der Waals surface area contributed by atoms with Crippen LogP contribution in [0.3, 0.4) is 0 Å². The lowest BCUT2D eigenvalue weighted by molar-refractivity contribution is -0.176. The fourth-order valence-corrected chi connectivity index (χ4v) is 2.48. The summed E-state index contributed by atoms with van der Waals surface area (Å²) in [5.74, 6) is 0.889. The molecule has 0 amide bonds. The van der Waals surface area contributed by atoms with E-state index in [4.69, 9.17) is 0 Å². The van der Waals surface area contributed by atoms with Gasteiger partial charge < -0.3 is 15.0 Å². The van der Waals surface area contributed by atoms with Gasteiger partial charge in [-0.15, -0.1) is 24.0 Å². The molecule has 0 bridgehead atoms. The van der Waals surface area contributed by atoms with Crippen LogP contribution in [0.25, 0.3) is 0 Å². The van der Waals surface area contributed by atoms with Crippen LogP contribution in [0.4, 0.5) is 13.2 Å². The topological polar surface area (TPSA) is 36.9 Å². The maximum atomic E-state index is 12.0. The molecule has 1 saturated heterocycles. The fourth-order valence-electron chi connectivity index (χ4n) is 2.48. The van der Waals surface area contributed by atoms with Gasteiger partial charge in [0.25, 0.3) is 0 Å². The van der Waals surface area contributed by atoms with Crippen molar-refractivity contribution in [1.29, 1.82) is 0 Å². The van der Waals surface area contributed by atoms with E-state index in [9.17, 15) is 13.2 Å². The van der Waals surface area contributed by atoms with E-state index in [0.717, 1.165) is 30.2 Å². The second kappa shape index (κ2) is 10.1. The molecule has 1 N–H and O–H groups in total. The van der Waals surface area contributed by atoms with Crippen LogP contribution in [0.2, 0.25) is 0 Å². The van der Waals surface area contributed by atoms with E-state index in [1.807, 2.05) is 12.1 Å². The molecule has 24 heavy (non-hydrogen) atoms. The monoisotopic (exact) mass is 457 g/mol. The van der Waals surface area contributed by atoms with Gasteiger partial charge in [0.2, 0.25) is 0 Å². The van der Waals surface area contributed by atoms with Gasteiger partial charge in [-0.05, 0) is 24.0 Å². The Morgan fingerprint density at radius 2 is 1.75 bits per heavy atom. The molecular formula is C16H23F3IN3O. The van der Waals surface area contributed by atoms with Crippen LogP contribution >= 0.6 is 24.0 Å². The van der Waals surface area contributed by atoms with Crippen LogP contribution in [0.1, 0.15) is 24.0 Å². The zero-order valence-electron chi connectivity index (χ0n) is 13.6. The third kappa shape index (κ3) is 7.25. The molecule has 1 aliphatic rings. The van der Waals surface area contributed by atoms with Crippen molar-refractivity contribution in [2.75, 3.05) is 26.7 Å². The van der Waals surface area contributed by atoms with Crippen molar-refractivity contribution in [3.63, 3.8) is 0 Å². The second-order valence-corrected chi connectivity index (χ2v) is 5.52. The largest absolute Gasteiger partial charge is 0.411 e. The van der Waals surface area contributed by atoms with E-state index < -0.39 is 12.8 Å². The van der Waals surface area contributed by atoms with Crippen LogP contribution in [-0.2, 0) is 17.9 Å². The molecule has 0 radical (unpaired) electrons. The molecule has 1 fully saturated rings. The molecule has 4 nitrogen and oxygen atoms in total. The van der Waals surface area contributed by atoms with Gasteiger partial charge in [-0.1, -0.05) is 24.3 Å². The number of guanidine groups is 1. The van der Waals surface area contributed by atoms with Crippen molar-refractivity contribution in [1.82, 2.24) is 10.2 Å². The molecule has 1 heterocycles. The Labute approximate surface area is 157 Å². The van der Waals surface area contributed by atoms with Gasteiger partial charge in [0.05, 0.1) is 6.61 Å². The summed E-state index contributed by atoms with van der Waals surface area (Å²) in [5, 5.41) is 3.31. The minimum atomic E-state index is -4.28. The van der Waals surface area contributed by atoms with E-state index in [0.29, 0.717) is 6.54 Å². The quantitative estimate of drug-likeness (QED) is 0.418. The minimum Gasteiger partial charge on any atom is -0.367 e. The molecule has 8 heteroatoms. The Kier molecular flexibility index (Phi) is 8.82. The first kappa shape index (κ1) is 21.0. The van der Waals surface area contributed by atoms with Gasteiger partial charge in [0.1, 0.15) is 6.61 Å². The Morgan fingerprint density at radius 3 is 2.29 bits per heavy atom. The first-order chi connectivity index (χ1) is 11.0. The molecule has 1 aromatic carbocycles. The fraction of sp³-hybridized carbons (Fsp3) is 0.562. The lowest BCUT2D eigenvalue weighted by Gasteiger charge is -2.20. The number of ether oxygens (including phenoxy) is 1. The maximum Gasteiger partial charge on any atom is 0.411 e. The van der Waals surface area contributed by atoms with Crippen LogP contribution in [0.15, 0.2) is 29.3 Å². The van der Waals surface area contributed by atoms with E-state index in [2.05, 4.69) is 19.9 Å². The molecule has 1 aliphatic heterocycles. The first-order valence-corrected chi connectivity index (χ1v) is 7.66. The lowest BCUT2D eigenvalue weighted by atomic mass is 10.1. The zero-order valence-corrected chi connectivity index (χ0v) is 15.9. The molecule has 136 valence electrons. The third-order valence-electron chi connectivity index (χ3n) is 3.63. The molecule has 0 saturated carbocycles. The van der Waals surface area contributed by atoms with Crippen LogP contribution in [-0.4, -0.2) is 43.8 Å². The molecule has 0 aliphatic carbocycles. The van der Waals surface area contributed by atoms with Gasteiger partial charge in [0.15, 0.2) is 5.96 Å². The van der Waals surface area contributed by atoms with Crippen molar-refractivity contribution >= 4 is 29.9 Å². The summed E-state index contributed by atoms with van der Waals surface area (Å²) in [5.41, 5.74) is 1.77. The van der Waals surface area contributed by atoms with E-state index in [-0.39, 0.29) is 30.6 Å². The second-order valence-electron chi connectivity index (χ2n) is 5.52. The number of rotatable bonds is 5. The Morgan fingerprint density at radius 1 is 1.17 bits per heavy atom. The van der Waals surface area contributed by atoms with Gasteiger partial charge in [-0.2, -0.15) is 13.2 Å². The smallest absolute Gasteiger partial charge is 0.367 e. The summed E-state index contributed by atoms with van der Waals surface area (Å²) < 4.78 is 40.7. The predicted molar refractivity (Wildman–Crippen MR) is 98.6 cm³/mol. The molecule has 0 aromatic heterocycles. The highest BCUT2D eigenvalue weighted by molar-refractivity contribution is 14.0. The molecule has 0 atom stereocenters.